The number of likely N-dealkylation sites (tertiary alicyclic amines) is 1. The molecule has 1 unspecified atom stereocenters. The van der Waals surface area contributed by atoms with Crippen LogP contribution in [0.4, 0.5) is 15.3 Å². The molecule has 15 heteroatoms. The largest absolute Gasteiger partial charge is 0.453 e. The highest BCUT2D eigenvalue weighted by molar-refractivity contribution is 6.02. The Hall–Kier alpha value is -6.95. The second-order valence-electron chi connectivity index (χ2n) is 15.5. The molecule has 2 aromatic heterocycles. The number of ether oxygens (including phenoxy) is 2. The van der Waals surface area contributed by atoms with E-state index in [2.05, 4.69) is 43.8 Å². The summed E-state index contributed by atoms with van der Waals surface area (Å²) >= 11 is 0. The number of imidazole rings is 2. The van der Waals surface area contributed by atoms with Gasteiger partial charge in [0, 0.05) is 13.0 Å². The van der Waals surface area contributed by atoms with E-state index in [1.807, 2.05) is 62.4 Å². The number of nitrogens with zero attached hydrogens (tertiary/aromatic N) is 5. The van der Waals surface area contributed by atoms with Crippen molar-refractivity contribution in [1.82, 2.24) is 35.5 Å². The number of carbonyl (C=O) groups excluding carboxylic acids is 4. The van der Waals surface area contributed by atoms with E-state index in [0.29, 0.717) is 43.0 Å². The Morgan fingerprint density at radius 2 is 1.41 bits per heavy atom. The van der Waals surface area contributed by atoms with Crippen LogP contribution in [0.3, 0.4) is 0 Å². The molecule has 4 atom stereocenters. The van der Waals surface area contributed by atoms with E-state index in [1.54, 1.807) is 22.2 Å². The molecule has 3 aliphatic rings. The number of alkyl carbamates (subject to hydrolysis) is 2. The number of nitrogens with one attached hydrogen (secondary N) is 4. The topological polar surface area (TPSA) is 198 Å². The van der Waals surface area contributed by atoms with Crippen LogP contribution in [0.1, 0.15) is 73.5 Å². The molecule has 4 amide bonds. The molecule has 0 bridgehead atoms. The van der Waals surface area contributed by atoms with Crippen molar-refractivity contribution in [1.29, 1.82) is 5.26 Å². The van der Waals surface area contributed by atoms with Gasteiger partial charge in [-0.2, -0.15) is 5.26 Å². The highest BCUT2D eigenvalue weighted by atomic mass is 16.5. The van der Waals surface area contributed by atoms with Crippen molar-refractivity contribution in [2.24, 2.45) is 5.92 Å². The van der Waals surface area contributed by atoms with Gasteiger partial charge in [0.1, 0.15) is 23.7 Å². The number of carbonyl (C=O) groups is 4. The molecule has 1 fully saturated rings. The Kier molecular flexibility index (Phi) is 10.6. The summed E-state index contributed by atoms with van der Waals surface area (Å²) in [4.78, 5) is 71.5. The van der Waals surface area contributed by atoms with Crippen LogP contribution in [0.5, 0.6) is 0 Å². The Morgan fingerprint density at radius 1 is 0.831 bits per heavy atom. The van der Waals surface area contributed by atoms with Crippen molar-refractivity contribution >= 4 is 29.7 Å². The van der Waals surface area contributed by atoms with Gasteiger partial charge in [0.25, 0.3) is 0 Å². The number of methoxy groups -OCH3 is 2. The quantitative estimate of drug-likeness (QED) is 0.131. The lowest BCUT2D eigenvalue weighted by Gasteiger charge is -2.30. The molecule has 3 aliphatic heterocycles. The van der Waals surface area contributed by atoms with Gasteiger partial charge in [-0.05, 0) is 77.1 Å². The number of anilines is 1. The van der Waals surface area contributed by atoms with Gasteiger partial charge in [-0.25, -0.2) is 19.6 Å². The van der Waals surface area contributed by atoms with Crippen LogP contribution in [-0.4, -0.2) is 81.7 Å². The summed E-state index contributed by atoms with van der Waals surface area (Å²) in [7, 11) is 2.55. The number of hydrogen-bond acceptors (Lipinski definition) is 9. The van der Waals surface area contributed by atoms with Gasteiger partial charge in [0.15, 0.2) is 0 Å². The van der Waals surface area contributed by atoms with Crippen LogP contribution in [0.15, 0.2) is 73.1 Å². The van der Waals surface area contributed by atoms with E-state index < -0.39 is 30.3 Å². The lowest BCUT2D eigenvalue weighted by molar-refractivity contribution is -0.135. The molecular weight excluding hydrogens is 751 g/mol. The number of benzene rings is 3. The second kappa shape index (κ2) is 16.1. The van der Waals surface area contributed by atoms with Crippen molar-refractivity contribution in [3.63, 3.8) is 0 Å². The van der Waals surface area contributed by atoms with Crippen LogP contribution < -0.4 is 15.5 Å². The smallest absolute Gasteiger partial charge is 0.407 e. The second-order valence-corrected chi connectivity index (χ2v) is 15.5. The summed E-state index contributed by atoms with van der Waals surface area (Å²) in [5, 5.41) is 15.1. The lowest BCUT2D eigenvalue weighted by Crippen LogP contribution is -2.51. The first-order valence-electron chi connectivity index (χ1n) is 19.8. The molecule has 302 valence electrons. The first-order chi connectivity index (χ1) is 28.6. The summed E-state index contributed by atoms with van der Waals surface area (Å²) < 4.78 is 9.56. The molecule has 4 N–H and O–H groups in total. The zero-order valence-electron chi connectivity index (χ0n) is 33.2. The third-order valence-electron chi connectivity index (χ3n) is 11.6. The minimum Gasteiger partial charge on any atom is -0.453 e. The summed E-state index contributed by atoms with van der Waals surface area (Å²) in [6, 6.07) is 20.1. The molecule has 0 aliphatic carbocycles. The fourth-order valence-electron chi connectivity index (χ4n) is 8.53. The van der Waals surface area contributed by atoms with Crippen LogP contribution in [0.25, 0.3) is 33.6 Å². The van der Waals surface area contributed by atoms with Gasteiger partial charge >= 0.3 is 12.2 Å². The standard InChI is InChI=1S/C44H45N9O6/c1-24(2)37(51-44(57)59-4)42(55)52-17-5-6-35(52)39-46-22-33(48-39)28-11-7-26(8-12-28)27-9-13-29(14-10-27)34-23-47-40(49-34)36-20-31-19-25(21-45)18-30-15-16-32(50-43(56)58-3)41(54)53(36)38(30)31/h7-14,18-19,22-24,32,35-37H,5-6,15-17,20H2,1-4H3,(H,46,48)(H,47,49)(H,50,56)(H,51,57)/t32-,35?,36-,37+/m0/s1. The van der Waals surface area contributed by atoms with Gasteiger partial charge in [-0.15, -0.1) is 0 Å². The fraction of sp³-hybridized carbons (Fsp3) is 0.341. The third-order valence-corrected chi connectivity index (χ3v) is 11.6. The molecule has 0 radical (unpaired) electrons. The summed E-state index contributed by atoms with van der Waals surface area (Å²) in [6.07, 6.45) is 5.22. The predicted octanol–water partition coefficient (Wildman–Crippen LogP) is 6.35. The van der Waals surface area contributed by atoms with E-state index in [1.165, 1.54) is 14.2 Å². The number of nitriles is 1. The minimum atomic E-state index is -0.788. The zero-order valence-corrected chi connectivity index (χ0v) is 33.2. The van der Waals surface area contributed by atoms with Crippen molar-refractivity contribution in [2.75, 3.05) is 25.7 Å². The molecule has 5 aromatic rings. The van der Waals surface area contributed by atoms with Gasteiger partial charge < -0.3 is 35.0 Å². The number of hydrogen-bond donors (Lipinski definition) is 4. The van der Waals surface area contributed by atoms with E-state index >= 15 is 0 Å². The predicted molar refractivity (Wildman–Crippen MR) is 218 cm³/mol. The number of aromatic nitrogens is 4. The molecule has 15 nitrogen and oxygen atoms in total. The molecule has 3 aromatic carbocycles. The number of H-pyrrole nitrogens is 2. The number of amides is 4. The van der Waals surface area contributed by atoms with E-state index in [9.17, 15) is 24.4 Å². The van der Waals surface area contributed by atoms with Gasteiger partial charge in [-0.3, -0.25) is 14.5 Å². The normalized spacial score (nSPS) is 18.8. The number of rotatable bonds is 9. The molecule has 8 rings (SSSR count). The maximum absolute atomic E-state index is 14.0. The fourth-order valence-corrected chi connectivity index (χ4v) is 8.53. The summed E-state index contributed by atoms with van der Waals surface area (Å²) in [6.45, 7) is 4.37. The monoisotopic (exact) mass is 795 g/mol. The summed E-state index contributed by atoms with van der Waals surface area (Å²) in [5.74, 6) is 0.803. The van der Waals surface area contributed by atoms with Crippen molar-refractivity contribution < 1.29 is 28.7 Å². The highest BCUT2D eigenvalue weighted by Gasteiger charge is 2.43. The van der Waals surface area contributed by atoms with Gasteiger partial charge in [0.05, 0.1) is 67.4 Å². The SMILES string of the molecule is COC(=O)N[C@H]1CCc2cc(C#N)cc3c2N(C1=O)[C@H](c1ncc(-c2ccc(-c4ccc(-c5cnc(C6CCCN6C(=O)[C@H](NC(=O)OC)C(C)C)[nH]5)cc4)cc2)[nH]1)C3. The first-order valence-corrected chi connectivity index (χ1v) is 19.8. The number of aromatic amines is 2. The molecule has 5 heterocycles. The summed E-state index contributed by atoms with van der Waals surface area (Å²) in [5.41, 5.74) is 8.67. The molecule has 59 heavy (non-hydrogen) atoms. The van der Waals surface area contributed by atoms with E-state index in [4.69, 9.17) is 14.5 Å². The van der Waals surface area contributed by atoms with Crippen molar-refractivity contribution in [3.8, 4) is 39.7 Å². The Labute approximate surface area is 341 Å². The van der Waals surface area contributed by atoms with Gasteiger partial charge in [-0.1, -0.05) is 62.4 Å². The van der Waals surface area contributed by atoms with Crippen molar-refractivity contribution in [3.05, 3.63) is 101 Å². The molecular formula is C44H45N9O6. The Balaban J connectivity index is 0.964. The van der Waals surface area contributed by atoms with Crippen LogP contribution in [0, 0.1) is 17.2 Å². The van der Waals surface area contributed by atoms with Crippen molar-refractivity contribution in [2.45, 2.75) is 70.1 Å². The molecule has 1 saturated heterocycles. The maximum atomic E-state index is 14.0. The van der Waals surface area contributed by atoms with Crippen LogP contribution >= 0.6 is 0 Å². The zero-order chi connectivity index (χ0) is 41.4. The molecule has 0 spiro atoms. The average Bonchev–Trinajstić information content (AvgIpc) is 4.09. The van der Waals surface area contributed by atoms with Crippen LogP contribution in [-0.2, 0) is 31.9 Å². The first kappa shape index (κ1) is 38.9. The third kappa shape index (κ3) is 7.49. The minimum absolute atomic E-state index is 0.116. The molecule has 0 saturated carbocycles. The van der Waals surface area contributed by atoms with E-state index in [-0.39, 0.29) is 23.8 Å². The van der Waals surface area contributed by atoms with E-state index in [0.717, 1.165) is 63.3 Å². The number of aryl methyl sites for hydroxylation is 1. The highest BCUT2D eigenvalue weighted by Crippen LogP contribution is 2.45. The Bertz CT molecular complexity index is 2450. The van der Waals surface area contributed by atoms with Crippen LogP contribution in [0.2, 0.25) is 0 Å². The lowest BCUT2D eigenvalue weighted by atomic mass is 9.98. The Morgan fingerprint density at radius 3 is 1.98 bits per heavy atom. The maximum Gasteiger partial charge on any atom is 0.407 e. The average molecular weight is 796 g/mol. The van der Waals surface area contributed by atoms with Gasteiger partial charge in [0.2, 0.25) is 11.8 Å².